The quantitative estimate of drug-likeness (QED) is 0.460. The fourth-order valence-electron chi connectivity index (χ4n) is 2.89. The molecule has 1 unspecified atom stereocenters. The minimum atomic E-state index is -1.41. The Morgan fingerprint density at radius 2 is 1.67 bits per heavy atom. The third-order valence-corrected chi connectivity index (χ3v) is 5.22. The van der Waals surface area contributed by atoms with Crippen LogP contribution in [0.4, 0.5) is 11.6 Å². The largest absolute Gasteiger partial charge is 1.00 e. The van der Waals surface area contributed by atoms with Crippen LogP contribution in [0.5, 0.6) is 0 Å². The molecule has 0 aliphatic heterocycles. The zero-order chi connectivity index (χ0) is 23.1. The third kappa shape index (κ3) is 7.28. The number of benzene rings is 2. The van der Waals surface area contributed by atoms with Crippen molar-refractivity contribution in [3.8, 4) is 0 Å². The number of carboxylic acids is 1. The molecule has 1 N–H and O–H groups in total. The number of hydrogen-bond acceptors (Lipinski definition) is 6. The maximum atomic E-state index is 12.4. The van der Waals surface area contributed by atoms with E-state index in [1.165, 1.54) is 12.1 Å². The summed E-state index contributed by atoms with van der Waals surface area (Å²) in [6, 6.07) is 12.6. The van der Waals surface area contributed by atoms with Gasteiger partial charge in [0.25, 0.3) is 5.91 Å². The van der Waals surface area contributed by atoms with E-state index in [0.717, 1.165) is 11.3 Å². The molecule has 0 saturated carbocycles. The molecule has 2 aromatic carbocycles. The number of aromatic nitrogens is 2. The second kappa shape index (κ2) is 12.7. The summed E-state index contributed by atoms with van der Waals surface area (Å²) < 4.78 is 0. The van der Waals surface area contributed by atoms with Crippen molar-refractivity contribution in [2.45, 2.75) is 12.5 Å². The Balaban J connectivity index is 0.00000385. The van der Waals surface area contributed by atoms with E-state index in [9.17, 15) is 14.7 Å². The van der Waals surface area contributed by atoms with Gasteiger partial charge in [0, 0.05) is 25.1 Å². The molecule has 0 saturated heterocycles. The molecule has 1 aromatic heterocycles. The Kier molecular flexibility index (Phi) is 10.3. The second-order valence-electron chi connectivity index (χ2n) is 6.78. The van der Waals surface area contributed by atoms with Gasteiger partial charge in [0.05, 0.1) is 27.6 Å². The number of carbonyl (C=O) groups is 2. The van der Waals surface area contributed by atoms with E-state index in [4.69, 9.17) is 23.2 Å². The number of rotatable bonds is 8. The van der Waals surface area contributed by atoms with Gasteiger partial charge in [-0.1, -0.05) is 53.6 Å². The van der Waals surface area contributed by atoms with Gasteiger partial charge in [-0.25, -0.2) is 9.97 Å². The molecule has 1 amide bonds. The summed E-state index contributed by atoms with van der Waals surface area (Å²) in [5.74, 6) is -1.52. The molecule has 0 radical (unpaired) electrons. The van der Waals surface area contributed by atoms with Crippen molar-refractivity contribution in [3.05, 3.63) is 88.2 Å². The van der Waals surface area contributed by atoms with Gasteiger partial charge in [0.2, 0.25) is 5.95 Å². The molecule has 0 aliphatic carbocycles. The fourth-order valence-corrected chi connectivity index (χ4v) is 3.46. The van der Waals surface area contributed by atoms with E-state index in [1.807, 2.05) is 36.2 Å². The molecule has 10 heteroatoms. The zero-order valence-corrected chi connectivity index (χ0v) is 21.5. The van der Waals surface area contributed by atoms with Gasteiger partial charge < -0.3 is 20.1 Å². The van der Waals surface area contributed by atoms with E-state index in [1.54, 1.807) is 36.7 Å². The van der Waals surface area contributed by atoms with Gasteiger partial charge in [-0.15, -0.1) is 0 Å². The van der Waals surface area contributed by atoms with Crippen LogP contribution in [-0.4, -0.2) is 34.9 Å². The first-order chi connectivity index (χ1) is 15.4. The van der Waals surface area contributed by atoms with Gasteiger partial charge in [0.15, 0.2) is 0 Å². The summed E-state index contributed by atoms with van der Waals surface area (Å²) >= 11 is 12.0. The topological polar surface area (TPSA) is 98.2 Å². The van der Waals surface area contributed by atoms with Crippen molar-refractivity contribution in [1.82, 2.24) is 15.3 Å². The van der Waals surface area contributed by atoms with Crippen molar-refractivity contribution >= 4 is 52.8 Å². The number of amides is 1. The van der Waals surface area contributed by atoms with Crippen molar-refractivity contribution in [2.75, 3.05) is 11.9 Å². The molecular formula is C23H19Cl2N4NaO3. The summed E-state index contributed by atoms with van der Waals surface area (Å²) in [6.45, 7) is 0. The summed E-state index contributed by atoms with van der Waals surface area (Å²) in [6.07, 6.45) is 6.77. The molecule has 164 valence electrons. The molecule has 3 aromatic rings. The maximum absolute atomic E-state index is 12.4. The van der Waals surface area contributed by atoms with Gasteiger partial charge in [-0.3, -0.25) is 4.79 Å². The van der Waals surface area contributed by atoms with Crippen LogP contribution in [0, 0.1) is 0 Å². The molecule has 1 heterocycles. The number of halogens is 2. The Morgan fingerprint density at radius 1 is 1.06 bits per heavy atom. The number of anilines is 2. The van der Waals surface area contributed by atoms with Crippen LogP contribution in [0.3, 0.4) is 0 Å². The van der Waals surface area contributed by atoms with Crippen LogP contribution in [-0.2, 0) is 4.79 Å². The predicted octanol–water partition coefficient (Wildman–Crippen LogP) is 0.507. The summed E-state index contributed by atoms with van der Waals surface area (Å²) in [5, 5.41) is 14.2. The summed E-state index contributed by atoms with van der Waals surface area (Å²) in [7, 11) is 1.86. The van der Waals surface area contributed by atoms with E-state index in [2.05, 4.69) is 15.3 Å². The van der Waals surface area contributed by atoms with Crippen LogP contribution in [0.25, 0.3) is 6.08 Å². The van der Waals surface area contributed by atoms with Gasteiger partial charge in [-0.2, -0.15) is 0 Å². The van der Waals surface area contributed by atoms with Gasteiger partial charge in [0.1, 0.15) is 0 Å². The van der Waals surface area contributed by atoms with Crippen molar-refractivity contribution in [3.63, 3.8) is 0 Å². The number of nitrogens with zero attached hydrogens (tertiary/aromatic N) is 3. The molecule has 0 aliphatic rings. The van der Waals surface area contributed by atoms with Crippen LogP contribution >= 0.6 is 23.2 Å². The smallest absolute Gasteiger partial charge is 0.548 e. The second-order valence-corrected chi connectivity index (χ2v) is 7.59. The molecular weight excluding hydrogens is 474 g/mol. The zero-order valence-electron chi connectivity index (χ0n) is 18.0. The summed E-state index contributed by atoms with van der Waals surface area (Å²) in [5.41, 5.74) is 1.77. The van der Waals surface area contributed by atoms with E-state index in [-0.39, 0.29) is 51.6 Å². The minimum absolute atomic E-state index is 0. The Morgan fingerprint density at radius 3 is 2.24 bits per heavy atom. The monoisotopic (exact) mass is 492 g/mol. The average Bonchev–Trinajstić information content (AvgIpc) is 2.78. The summed E-state index contributed by atoms with van der Waals surface area (Å²) in [4.78, 5) is 34.2. The number of carbonyl (C=O) groups excluding carboxylic acids is 2. The molecule has 0 bridgehead atoms. The fraction of sp³-hybridized carbons (Fsp3) is 0.130. The van der Waals surface area contributed by atoms with E-state index >= 15 is 0 Å². The van der Waals surface area contributed by atoms with Gasteiger partial charge in [-0.05, 0) is 42.3 Å². The Bertz CT molecular complexity index is 1110. The predicted molar refractivity (Wildman–Crippen MR) is 123 cm³/mol. The van der Waals surface area contributed by atoms with Crippen LogP contribution in [0.15, 0.2) is 67.0 Å². The first-order valence-electron chi connectivity index (χ1n) is 9.60. The van der Waals surface area contributed by atoms with E-state index < -0.39 is 17.9 Å². The average molecular weight is 493 g/mol. The molecule has 7 nitrogen and oxygen atoms in total. The number of hydrogen-bond donors (Lipinski definition) is 1. The molecule has 33 heavy (non-hydrogen) atoms. The normalized spacial score (nSPS) is 11.5. The molecule has 0 fully saturated rings. The SMILES string of the molecule is CN(c1ccc(C=CCC(NC(=O)c2c(Cl)cccc2Cl)C(=O)[O-])cc1)c1ncccn1.[Na+]. The van der Waals surface area contributed by atoms with Crippen LogP contribution < -0.4 is 44.9 Å². The van der Waals surface area contributed by atoms with Crippen molar-refractivity contribution < 1.29 is 44.3 Å². The van der Waals surface area contributed by atoms with Crippen molar-refractivity contribution in [1.29, 1.82) is 0 Å². The van der Waals surface area contributed by atoms with Crippen LogP contribution in [0.1, 0.15) is 22.3 Å². The first kappa shape index (κ1) is 26.8. The standard InChI is InChI=1S/C23H20Cl2N4O3.Na/c1-29(23-26-13-4-14-27-23)16-11-9-15(10-12-16)5-2-8-19(22(31)32)28-21(30)20-17(24)6-3-7-18(20)25;/h2-7,9-14,19H,8H2,1H3,(H,28,30)(H,31,32);/q;+1/p-1. The Labute approximate surface area is 223 Å². The minimum Gasteiger partial charge on any atom is -0.548 e. The number of carboxylic acid groups (broad SMARTS) is 1. The number of nitrogens with one attached hydrogen (secondary N) is 1. The molecule has 3 rings (SSSR count). The molecule has 1 atom stereocenters. The third-order valence-electron chi connectivity index (χ3n) is 4.59. The van der Waals surface area contributed by atoms with Crippen molar-refractivity contribution in [2.24, 2.45) is 0 Å². The Hall–Kier alpha value is -2.42. The maximum Gasteiger partial charge on any atom is 1.00 e. The van der Waals surface area contributed by atoms with Gasteiger partial charge >= 0.3 is 29.6 Å². The van der Waals surface area contributed by atoms with Crippen LogP contribution in [0.2, 0.25) is 10.0 Å². The van der Waals surface area contributed by atoms with E-state index in [0.29, 0.717) is 5.95 Å². The molecule has 0 spiro atoms. The first-order valence-corrected chi connectivity index (χ1v) is 10.4. The number of aliphatic carboxylic acids is 1.